The Kier molecular flexibility index (Phi) is 2.43. The lowest BCUT2D eigenvalue weighted by Gasteiger charge is -1.88. The van der Waals surface area contributed by atoms with Gasteiger partial charge in [0.05, 0.1) is 0 Å². The lowest BCUT2D eigenvalue weighted by molar-refractivity contribution is 0.589. The minimum atomic E-state index is 0.572. The molecule has 2 heterocycles. The Morgan fingerprint density at radius 2 is 1.82 bits per heavy atom. The molecule has 3 heteroatoms. The first-order valence-electron chi connectivity index (χ1n) is 5.36. The zero-order valence-electron chi connectivity index (χ0n) is 9.08. The molecule has 0 atom stereocenters. The second-order valence-corrected chi connectivity index (χ2v) is 3.62. The fourth-order valence-corrected chi connectivity index (χ4v) is 1.59. The molecule has 0 aliphatic heterocycles. The van der Waals surface area contributed by atoms with Gasteiger partial charge < -0.3 is 4.42 Å². The highest BCUT2D eigenvalue weighted by atomic mass is 16.3. The van der Waals surface area contributed by atoms with Crippen LogP contribution in [0.1, 0.15) is 11.5 Å². The van der Waals surface area contributed by atoms with Gasteiger partial charge in [0.25, 0.3) is 0 Å². The summed E-state index contributed by atoms with van der Waals surface area (Å²) >= 11 is 0. The highest BCUT2D eigenvalue weighted by molar-refractivity contribution is 5.72. The summed E-state index contributed by atoms with van der Waals surface area (Å²) in [4.78, 5) is 8.38. The first kappa shape index (κ1) is 9.78. The van der Waals surface area contributed by atoms with E-state index in [1.165, 1.54) is 0 Å². The van der Waals surface area contributed by atoms with E-state index >= 15 is 0 Å². The van der Waals surface area contributed by atoms with Gasteiger partial charge in [0.1, 0.15) is 0 Å². The smallest absolute Gasteiger partial charge is 0.221 e. The second kappa shape index (κ2) is 4.22. The van der Waals surface area contributed by atoms with E-state index in [-0.39, 0.29) is 0 Å². The van der Waals surface area contributed by atoms with E-state index < -0.39 is 0 Å². The van der Waals surface area contributed by atoms with Crippen molar-refractivity contribution in [2.75, 3.05) is 0 Å². The third-order valence-electron chi connectivity index (χ3n) is 2.40. The lowest BCUT2D eigenvalue weighted by atomic mass is 10.2. The van der Waals surface area contributed by atoms with Gasteiger partial charge in [0, 0.05) is 12.3 Å². The van der Waals surface area contributed by atoms with Crippen LogP contribution in [0.3, 0.4) is 0 Å². The highest BCUT2D eigenvalue weighted by Crippen LogP contribution is 2.14. The molecule has 0 amide bonds. The van der Waals surface area contributed by atoms with Crippen LogP contribution in [-0.2, 0) is 0 Å². The van der Waals surface area contributed by atoms with Crippen LogP contribution in [0.2, 0.25) is 0 Å². The van der Waals surface area contributed by atoms with E-state index in [2.05, 4.69) is 9.97 Å². The minimum Gasteiger partial charge on any atom is -0.435 e. The minimum absolute atomic E-state index is 0.572. The zero-order valence-corrected chi connectivity index (χ0v) is 9.08. The van der Waals surface area contributed by atoms with Crippen LogP contribution in [0, 0.1) is 0 Å². The molecule has 0 N–H and O–H groups in total. The van der Waals surface area contributed by atoms with Gasteiger partial charge in [-0.25, -0.2) is 4.98 Å². The van der Waals surface area contributed by atoms with E-state index in [0.29, 0.717) is 17.1 Å². The van der Waals surface area contributed by atoms with E-state index in [9.17, 15) is 0 Å². The fourth-order valence-electron chi connectivity index (χ4n) is 1.59. The summed E-state index contributed by atoms with van der Waals surface area (Å²) in [7, 11) is 0. The molecule has 0 saturated heterocycles. The van der Waals surface area contributed by atoms with Crippen LogP contribution >= 0.6 is 0 Å². The molecule has 0 spiro atoms. The Hall–Kier alpha value is -2.42. The van der Waals surface area contributed by atoms with Crippen molar-refractivity contribution in [3.63, 3.8) is 0 Å². The fraction of sp³-hybridized carbons (Fsp3) is 0. The molecule has 0 unspecified atom stereocenters. The van der Waals surface area contributed by atoms with Gasteiger partial charge in [-0.2, -0.15) is 4.98 Å². The molecule has 3 rings (SSSR count). The number of aromatic nitrogens is 2. The summed E-state index contributed by atoms with van der Waals surface area (Å²) in [6.45, 7) is 0. The predicted molar refractivity (Wildman–Crippen MR) is 67.2 cm³/mol. The number of oxazole rings is 1. The van der Waals surface area contributed by atoms with E-state index in [0.717, 1.165) is 5.56 Å². The molecule has 82 valence electrons. The van der Waals surface area contributed by atoms with Crippen molar-refractivity contribution < 1.29 is 4.42 Å². The first-order valence-corrected chi connectivity index (χ1v) is 5.36. The normalized spacial score (nSPS) is 11.3. The number of benzene rings is 1. The summed E-state index contributed by atoms with van der Waals surface area (Å²) in [5.41, 5.74) is 2.46. The molecular formula is C14H10N2O. The molecule has 0 radical (unpaired) electrons. The maximum atomic E-state index is 5.53. The van der Waals surface area contributed by atoms with Gasteiger partial charge in [0.2, 0.25) is 5.89 Å². The molecule has 3 aromatic rings. The number of pyridine rings is 1. The van der Waals surface area contributed by atoms with Crippen LogP contribution in [0.4, 0.5) is 0 Å². The molecule has 3 nitrogen and oxygen atoms in total. The highest BCUT2D eigenvalue weighted by Gasteiger charge is 2.01. The summed E-state index contributed by atoms with van der Waals surface area (Å²) in [5.74, 6) is 0.572. The second-order valence-electron chi connectivity index (χ2n) is 3.62. The average Bonchev–Trinajstić information content (AvgIpc) is 2.80. The summed E-state index contributed by atoms with van der Waals surface area (Å²) in [6, 6.07) is 13.7. The topological polar surface area (TPSA) is 38.9 Å². The van der Waals surface area contributed by atoms with Crippen LogP contribution in [0.5, 0.6) is 0 Å². The van der Waals surface area contributed by atoms with Gasteiger partial charge in [-0.1, -0.05) is 30.3 Å². The Balaban J connectivity index is 1.92. The van der Waals surface area contributed by atoms with Crippen molar-refractivity contribution in [1.82, 2.24) is 9.97 Å². The van der Waals surface area contributed by atoms with Gasteiger partial charge >= 0.3 is 0 Å². The van der Waals surface area contributed by atoms with Crippen molar-refractivity contribution in [1.29, 1.82) is 0 Å². The van der Waals surface area contributed by atoms with Gasteiger partial charge in [-0.15, -0.1) is 0 Å². The Labute approximate surface area is 98.4 Å². The van der Waals surface area contributed by atoms with Crippen LogP contribution in [0.15, 0.2) is 53.1 Å². The zero-order chi connectivity index (χ0) is 11.5. The van der Waals surface area contributed by atoms with Crippen molar-refractivity contribution in [2.45, 2.75) is 0 Å². The summed E-state index contributed by atoms with van der Waals surface area (Å²) in [6.07, 6.45) is 5.51. The Morgan fingerprint density at radius 1 is 0.941 bits per heavy atom. The number of fused-ring (bicyclic) bond motifs is 1. The maximum Gasteiger partial charge on any atom is 0.221 e. The number of nitrogens with zero attached hydrogens (tertiary/aromatic N) is 2. The van der Waals surface area contributed by atoms with Crippen molar-refractivity contribution in [3.05, 3.63) is 60.1 Å². The summed E-state index contributed by atoms with van der Waals surface area (Å²) < 4.78 is 5.53. The lowest BCUT2D eigenvalue weighted by Crippen LogP contribution is -1.73. The standard InChI is InChI=1S/C14H10N2O/c1-2-5-11(6-3-1)8-9-13-16-14-12(17-13)7-4-10-15-14/h1-10H/b9-8+. The van der Waals surface area contributed by atoms with E-state index in [4.69, 9.17) is 4.42 Å². The monoisotopic (exact) mass is 222 g/mol. The first-order chi connectivity index (χ1) is 8.42. The largest absolute Gasteiger partial charge is 0.435 e. The van der Waals surface area contributed by atoms with E-state index in [1.807, 2.05) is 54.6 Å². The van der Waals surface area contributed by atoms with Crippen LogP contribution in [0.25, 0.3) is 23.4 Å². The molecule has 0 aliphatic carbocycles. The molecule has 0 bridgehead atoms. The number of hydrogen-bond acceptors (Lipinski definition) is 3. The third kappa shape index (κ3) is 2.08. The van der Waals surface area contributed by atoms with Crippen LogP contribution < -0.4 is 0 Å². The quantitative estimate of drug-likeness (QED) is 0.667. The van der Waals surface area contributed by atoms with Gasteiger partial charge in [-0.3, -0.25) is 0 Å². The average molecular weight is 222 g/mol. The molecule has 1 aromatic carbocycles. The third-order valence-corrected chi connectivity index (χ3v) is 2.40. The maximum absolute atomic E-state index is 5.53. The molecule has 0 saturated carbocycles. The van der Waals surface area contributed by atoms with Crippen LogP contribution in [-0.4, -0.2) is 9.97 Å². The van der Waals surface area contributed by atoms with Crippen molar-refractivity contribution >= 4 is 23.4 Å². The molecule has 2 aromatic heterocycles. The van der Waals surface area contributed by atoms with Crippen molar-refractivity contribution in [2.24, 2.45) is 0 Å². The van der Waals surface area contributed by atoms with E-state index in [1.54, 1.807) is 6.20 Å². The Morgan fingerprint density at radius 3 is 2.65 bits per heavy atom. The predicted octanol–water partition coefficient (Wildman–Crippen LogP) is 3.39. The molecule has 0 aliphatic rings. The van der Waals surface area contributed by atoms with Gasteiger partial charge in [-0.05, 0) is 23.8 Å². The Bertz CT molecular complexity index is 623. The van der Waals surface area contributed by atoms with Crippen molar-refractivity contribution in [3.8, 4) is 0 Å². The number of rotatable bonds is 2. The SMILES string of the molecule is C(=C\c1nc2ncccc2o1)/c1ccccc1. The molecule has 17 heavy (non-hydrogen) atoms. The molecular weight excluding hydrogens is 212 g/mol. The van der Waals surface area contributed by atoms with Gasteiger partial charge in [0.15, 0.2) is 11.2 Å². The number of hydrogen-bond donors (Lipinski definition) is 0. The molecule has 0 fully saturated rings. The summed E-state index contributed by atoms with van der Waals surface area (Å²) in [5, 5.41) is 0.